The van der Waals surface area contributed by atoms with Gasteiger partial charge in [-0.15, -0.1) is 0 Å². The normalized spacial score (nSPS) is 10.8. The van der Waals surface area contributed by atoms with Crippen LogP contribution in [0.5, 0.6) is 17.2 Å². The summed E-state index contributed by atoms with van der Waals surface area (Å²) in [4.78, 5) is 0. The monoisotopic (exact) mass is 283 g/mol. The van der Waals surface area contributed by atoms with Crippen LogP contribution in [0, 0.1) is 0 Å². The lowest BCUT2D eigenvalue weighted by Gasteiger charge is -2.11. The molecule has 0 aliphatic heterocycles. The van der Waals surface area contributed by atoms with E-state index in [1.165, 1.54) is 0 Å². The fourth-order valence-electron chi connectivity index (χ4n) is 2.48. The van der Waals surface area contributed by atoms with Crippen molar-refractivity contribution in [1.29, 1.82) is 0 Å². The molecule has 0 aliphatic carbocycles. The maximum absolute atomic E-state index is 9.95. The van der Waals surface area contributed by atoms with Crippen molar-refractivity contribution in [3.63, 3.8) is 0 Å². The molecule has 0 saturated carbocycles. The van der Waals surface area contributed by atoms with Crippen LogP contribution in [0.25, 0.3) is 10.9 Å². The molecule has 0 unspecified atom stereocenters. The van der Waals surface area contributed by atoms with Crippen LogP contribution >= 0.6 is 0 Å². The van der Waals surface area contributed by atoms with Gasteiger partial charge in [-0.3, -0.25) is 0 Å². The van der Waals surface area contributed by atoms with E-state index in [-0.39, 0.29) is 5.75 Å². The summed E-state index contributed by atoms with van der Waals surface area (Å²) in [6, 6.07) is 15.1. The Morgan fingerprint density at radius 2 is 1.81 bits per heavy atom. The molecule has 1 aromatic heterocycles. The van der Waals surface area contributed by atoms with E-state index in [2.05, 4.69) is 0 Å². The highest BCUT2D eigenvalue weighted by molar-refractivity contribution is 5.86. The molecule has 2 aromatic carbocycles. The molecule has 21 heavy (non-hydrogen) atoms. The summed E-state index contributed by atoms with van der Waals surface area (Å²) in [5.41, 5.74) is 1.80. The number of nitrogens with zero attached hydrogens (tertiary/aromatic N) is 1. The summed E-state index contributed by atoms with van der Waals surface area (Å²) in [5.74, 6) is 1.69. The molecule has 0 radical (unpaired) electrons. The van der Waals surface area contributed by atoms with Crippen molar-refractivity contribution in [1.82, 2.24) is 4.57 Å². The Kier molecular flexibility index (Phi) is 3.44. The maximum atomic E-state index is 9.95. The number of hydrogen-bond donors (Lipinski definition) is 1. The molecular formula is C17H17NO3. The van der Waals surface area contributed by atoms with Crippen molar-refractivity contribution < 1.29 is 14.6 Å². The van der Waals surface area contributed by atoms with Crippen molar-refractivity contribution in [3.8, 4) is 17.2 Å². The first-order valence-electron chi connectivity index (χ1n) is 6.73. The van der Waals surface area contributed by atoms with E-state index in [0.29, 0.717) is 18.1 Å². The van der Waals surface area contributed by atoms with Crippen LogP contribution in [0.15, 0.2) is 48.5 Å². The van der Waals surface area contributed by atoms with Crippen LogP contribution in [-0.4, -0.2) is 16.8 Å². The number of benzene rings is 2. The highest BCUT2D eigenvalue weighted by Crippen LogP contribution is 2.29. The predicted molar refractivity (Wildman–Crippen MR) is 81.9 cm³/mol. The first kappa shape index (κ1) is 13.4. The van der Waals surface area contributed by atoms with Crippen LogP contribution < -0.4 is 9.47 Å². The van der Waals surface area contributed by atoms with E-state index < -0.39 is 0 Å². The molecule has 0 spiro atoms. The zero-order valence-corrected chi connectivity index (χ0v) is 12.0. The Balaban J connectivity index is 1.89. The van der Waals surface area contributed by atoms with E-state index in [0.717, 1.165) is 16.6 Å². The topological polar surface area (TPSA) is 43.6 Å². The standard InChI is InChI=1S/C17H17NO3/c1-18-13(10-12-6-5-7-14(19)17(12)18)11-21-16-9-4-3-8-15(16)20-2/h3-10,19H,11H2,1-2H3. The zero-order chi connectivity index (χ0) is 14.8. The number of methoxy groups -OCH3 is 1. The minimum Gasteiger partial charge on any atom is -0.506 e. The van der Waals surface area contributed by atoms with Crippen molar-refractivity contribution in [3.05, 3.63) is 54.2 Å². The van der Waals surface area contributed by atoms with E-state index in [4.69, 9.17) is 9.47 Å². The molecular weight excluding hydrogens is 266 g/mol. The molecule has 4 nitrogen and oxygen atoms in total. The van der Waals surface area contributed by atoms with Gasteiger partial charge < -0.3 is 19.1 Å². The van der Waals surface area contributed by atoms with Crippen LogP contribution in [0.4, 0.5) is 0 Å². The summed E-state index contributed by atoms with van der Waals surface area (Å²) in [7, 11) is 3.54. The van der Waals surface area contributed by atoms with Gasteiger partial charge in [0.2, 0.25) is 0 Å². The van der Waals surface area contributed by atoms with Gasteiger partial charge in [0.05, 0.1) is 18.3 Å². The maximum Gasteiger partial charge on any atom is 0.161 e. The first-order valence-corrected chi connectivity index (χ1v) is 6.73. The van der Waals surface area contributed by atoms with Crippen LogP contribution in [-0.2, 0) is 13.7 Å². The average Bonchev–Trinajstić information content (AvgIpc) is 2.83. The largest absolute Gasteiger partial charge is 0.506 e. The Bertz CT molecular complexity index is 777. The molecule has 0 atom stereocenters. The molecule has 0 amide bonds. The van der Waals surface area contributed by atoms with Gasteiger partial charge in [-0.2, -0.15) is 0 Å². The van der Waals surface area contributed by atoms with Gasteiger partial charge >= 0.3 is 0 Å². The summed E-state index contributed by atoms with van der Waals surface area (Å²) in [6.45, 7) is 0.408. The van der Waals surface area contributed by atoms with Gasteiger partial charge in [-0.05, 0) is 24.3 Å². The van der Waals surface area contributed by atoms with Gasteiger partial charge in [0.25, 0.3) is 0 Å². The van der Waals surface area contributed by atoms with Crippen LogP contribution in [0.3, 0.4) is 0 Å². The van der Waals surface area contributed by atoms with E-state index >= 15 is 0 Å². The summed E-state index contributed by atoms with van der Waals surface area (Å²) in [5, 5.41) is 10.9. The van der Waals surface area contributed by atoms with E-state index in [1.807, 2.05) is 54.1 Å². The van der Waals surface area contributed by atoms with Gasteiger partial charge in [0.15, 0.2) is 11.5 Å². The second-order valence-electron chi connectivity index (χ2n) is 4.85. The number of hydrogen-bond acceptors (Lipinski definition) is 3. The summed E-state index contributed by atoms with van der Waals surface area (Å²) < 4.78 is 13.1. The zero-order valence-electron chi connectivity index (χ0n) is 12.0. The van der Waals surface area contributed by atoms with Crippen LogP contribution in [0.2, 0.25) is 0 Å². The summed E-state index contributed by atoms with van der Waals surface area (Å²) in [6.07, 6.45) is 0. The predicted octanol–water partition coefficient (Wildman–Crippen LogP) is 3.47. The number of para-hydroxylation sites is 3. The number of aromatic hydroxyl groups is 1. The van der Waals surface area contributed by atoms with E-state index in [9.17, 15) is 5.11 Å². The Morgan fingerprint density at radius 1 is 1.05 bits per heavy atom. The molecule has 1 N–H and O–H groups in total. The van der Waals surface area contributed by atoms with Crippen molar-refractivity contribution in [2.75, 3.05) is 7.11 Å². The Hall–Kier alpha value is -2.62. The molecule has 1 heterocycles. The minimum absolute atomic E-state index is 0.276. The Labute approximate surface area is 123 Å². The third kappa shape index (κ3) is 2.40. The third-order valence-corrected chi connectivity index (χ3v) is 3.58. The van der Waals surface area contributed by atoms with Gasteiger partial charge in [-0.1, -0.05) is 24.3 Å². The lowest BCUT2D eigenvalue weighted by atomic mass is 10.2. The second kappa shape index (κ2) is 5.40. The smallest absolute Gasteiger partial charge is 0.161 e. The second-order valence-corrected chi connectivity index (χ2v) is 4.85. The molecule has 108 valence electrons. The summed E-state index contributed by atoms with van der Waals surface area (Å²) >= 11 is 0. The fourth-order valence-corrected chi connectivity index (χ4v) is 2.48. The molecule has 0 saturated heterocycles. The number of phenols is 1. The van der Waals surface area contributed by atoms with Crippen LogP contribution in [0.1, 0.15) is 5.69 Å². The quantitative estimate of drug-likeness (QED) is 0.797. The molecule has 4 heteroatoms. The van der Waals surface area contributed by atoms with Crippen molar-refractivity contribution in [2.24, 2.45) is 7.05 Å². The van der Waals surface area contributed by atoms with Gasteiger partial charge in [-0.25, -0.2) is 0 Å². The van der Waals surface area contributed by atoms with Crippen molar-refractivity contribution in [2.45, 2.75) is 6.61 Å². The van der Waals surface area contributed by atoms with Gasteiger partial charge in [0, 0.05) is 12.4 Å². The number of rotatable bonds is 4. The molecule has 0 bridgehead atoms. The lowest BCUT2D eigenvalue weighted by Crippen LogP contribution is -2.02. The fraction of sp³-hybridized carbons (Fsp3) is 0.176. The third-order valence-electron chi connectivity index (χ3n) is 3.58. The molecule has 0 fully saturated rings. The number of aryl methyl sites for hydroxylation is 1. The molecule has 0 aliphatic rings. The number of fused-ring (bicyclic) bond motifs is 1. The highest BCUT2D eigenvalue weighted by Gasteiger charge is 2.10. The molecule has 3 rings (SSSR count). The van der Waals surface area contributed by atoms with Gasteiger partial charge in [0.1, 0.15) is 12.4 Å². The number of aromatic nitrogens is 1. The number of phenolic OH excluding ortho intramolecular Hbond substituents is 1. The van der Waals surface area contributed by atoms with E-state index in [1.54, 1.807) is 13.2 Å². The minimum atomic E-state index is 0.276. The lowest BCUT2D eigenvalue weighted by molar-refractivity contribution is 0.278. The first-order chi connectivity index (χ1) is 10.2. The molecule has 3 aromatic rings. The van der Waals surface area contributed by atoms with Crippen molar-refractivity contribution >= 4 is 10.9 Å². The highest BCUT2D eigenvalue weighted by atomic mass is 16.5. The Morgan fingerprint density at radius 3 is 2.52 bits per heavy atom. The SMILES string of the molecule is COc1ccccc1OCc1cc2cccc(O)c2n1C. The average molecular weight is 283 g/mol. The number of ether oxygens (including phenoxy) is 2.